The van der Waals surface area contributed by atoms with Gasteiger partial charge in [-0.2, -0.15) is 0 Å². The van der Waals surface area contributed by atoms with Crippen molar-refractivity contribution >= 4 is 0 Å². The average Bonchev–Trinajstić information content (AvgIpc) is 2.49. The van der Waals surface area contributed by atoms with Crippen molar-refractivity contribution in [1.82, 2.24) is 5.32 Å². The van der Waals surface area contributed by atoms with E-state index in [4.69, 9.17) is 4.74 Å². The molecule has 0 bridgehead atoms. The fraction of sp³-hybridized carbons (Fsp3) is 0.368. The number of nitrogens with one attached hydrogen (secondary N) is 1. The molecule has 2 aromatic rings. The van der Waals surface area contributed by atoms with Crippen LogP contribution in [-0.4, -0.2) is 13.2 Å². The van der Waals surface area contributed by atoms with Crippen LogP contribution in [0.2, 0.25) is 0 Å². The molecule has 2 aromatic carbocycles. The molecule has 21 heavy (non-hydrogen) atoms. The van der Waals surface area contributed by atoms with Crippen molar-refractivity contribution < 1.29 is 4.74 Å². The van der Waals surface area contributed by atoms with Crippen molar-refractivity contribution in [2.24, 2.45) is 0 Å². The Bertz CT molecular complexity index is 536. The minimum atomic E-state index is 0.206. The van der Waals surface area contributed by atoms with E-state index in [1.54, 1.807) is 0 Å². The molecule has 0 fully saturated rings. The van der Waals surface area contributed by atoms with Crippen LogP contribution in [0.15, 0.2) is 54.6 Å². The smallest absolute Gasteiger partial charge is 0.120 e. The summed E-state index contributed by atoms with van der Waals surface area (Å²) in [6.07, 6.45) is 2.35. The highest BCUT2D eigenvalue weighted by atomic mass is 16.5. The summed E-state index contributed by atoms with van der Waals surface area (Å²) in [4.78, 5) is 0. The summed E-state index contributed by atoms with van der Waals surface area (Å²) < 4.78 is 5.78. The van der Waals surface area contributed by atoms with Gasteiger partial charge in [-0.25, -0.2) is 0 Å². The van der Waals surface area contributed by atoms with Crippen molar-refractivity contribution in [3.8, 4) is 5.75 Å². The molecule has 0 aliphatic carbocycles. The Hall–Kier alpha value is -1.80. The maximum atomic E-state index is 5.78. The van der Waals surface area contributed by atoms with Crippen LogP contribution in [0.1, 0.15) is 37.4 Å². The van der Waals surface area contributed by atoms with Crippen LogP contribution in [0.5, 0.6) is 5.75 Å². The van der Waals surface area contributed by atoms with Crippen molar-refractivity contribution in [1.29, 1.82) is 0 Å². The fourth-order valence-electron chi connectivity index (χ4n) is 2.51. The van der Waals surface area contributed by atoms with Crippen LogP contribution in [0.3, 0.4) is 0 Å². The minimum absolute atomic E-state index is 0.206. The topological polar surface area (TPSA) is 21.3 Å². The molecule has 0 aliphatic rings. The van der Waals surface area contributed by atoms with E-state index in [2.05, 4.69) is 67.7 Å². The second-order valence-corrected chi connectivity index (χ2v) is 5.60. The first-order valence-corrected chi connectivity index (χ1v) is 7.67. The Kier molecular flexibility index (Phi) is 5.82. The highest BCUT2D eigenvalue weighted by molar-refractivity contribution is 5.31. The van der Waals surface area contributed by atoms with Gasteiger partial charge in [0.1, 0.15) is 5.75 Å². The lowest BCUT2D eigenvalue weighted by Gasteiger charge is -2.18. The fourth-order valence-corrected chi connectivity index (χ4v) is 2.51. The molecule has 2 rings (SSSR count). The molecule has 0 spiro atoms. The molecule has 0 aliphatic heterocycles. The average molecular weight is 283 g/mol. The number of rotatable bonds is 7. The summed E-state index contributed by atoms with van der Waals surface area (Å²) in [5.74, 6) is 0.947. The largest absolute Gasteiger partial charge is 0.491 e. The molecule has 112 valence electrons. The maximum Gasteiger partial charge on any atom is 0.120 e. The highest BCUT2D eigenvalue weighted by Gasteiger charge is 2.10. The van der Waals surface area contributed by atoms with E-state index in [-0.39, 0.29) is 6.10 Å². The molecule has 1 N–H and O–H groups in total. The maximum absolute atomic E-state index is 5.78. The molecule has 0 radical (unpaired) electrons. The van der Waals surface area contributed by atoms with Crippen LogP contribution in [0.25, 0.3) is 0 Å². The van der Waals surface area contributed by atoms with Gasteiger partial charge < -0.3 is 10.1 Å². The Morgan fingerprint density at radius 3 is 2.43 bits per heavy atom. The summed E-state index contributed by atoms with van der Waals surface area (Å²) >= 11 is 0. The number of benzene rings is 2. The molecule has 2 heteroatoms. The summed E-state index contributed by atoms with van der Waals surface area (Å²) in [6, 6.07) is 19.4. The Labute approximate surface area is 128 Å². The van der Waals surface area contributed by atoms with E-state index in [1.807, 2.05) is 13.1 Å². The van der Waals surface area contributed by atoms with Gasteiger partial charge >= 0.3 is 0 Å². The Morgan fingerprint density at radius 1 is 1.00 bits per heavy atom. The summed E-state index contributed by atoms with van der Waals surface area (Å²) in [5.41, 5.74) is 2.67. The normalized spacial score (nSPS) is 12.4. The van der Waals surface area contributed by atoms with E-state index in [9.17, 15) is 0 Å². The molecule has 1 atom stereocenters. The van der Waals surface area contributed by atoms with Gasteiger partial charge in [-0.15, -0.1) is 0 Å². The summed E-state index contributed by atoms with van der Waals surface area (Å²) in [5, 5.41) is 3.41. The van der Waals surface area contributed by atoms with Gasteiger partial charge in [-0.05, 0) is 57.0 Å². The zero-order valence-electron chi connectivity index (χ0n) is 13.2. The number of hydrogen-bond acceptors (Lipinski definition) is 2. The standard InChI is InChI=1S/C19H25NO/c1-15(2)21-18-11-7-10-17(14-18)19(20-3)13-12-16-8-5-4-6-9-16/h4-11,14-15,19-20H,12-13H2,1-3H3. The first kappa shape index (κ1) is 15.6. The van der Waals surface area contributed by atoms with Crippen LogP contribution >= 0.6 is 0 Å². The van der Waals surface area contributed by atoms with Crippen molar-refractivity contribution in [3.05, 3.63) is 65.7 Å². The van der Waals surface area contributed by atoms with Crippen LogP contribution in [0, 0.1) is 0 Å². The van der Waals surface area contributed by atoms with Gasteiger partial charge in [0.2, 0.25) is 0 Å². The number of hydrogen-bond donors (Lipinski definition) is 1. The lowest BCUT2D eigenvalue weighted by molar-refractivity contribution is 0.242. The number of ether oxygens (including phenoxy) is 1. The van der Waals surface area contributed by atoms with Crippen LogP contribution < -0.4 is 10.1 Å². The molecule has 2 nitrogen and oxygen atoms in total. The van der Waals surface area contributed by atoms with Crippen molar-refractivity contribution in [2.45, 2.75) is 38.8 Å². The lowest BCUT2D eigenvalue weighted by atomic mass is 9.99. The van der Waals surface area contributed by atoms with Crippen LogP contribution in [-0.2, 0) is 6.42 Å². The third kappa shape index (κ3) is 4.91. The molecule has 0 saturated carbocycles. The van der Waals surface area contributed by atoms with Gasteiger partial charge in [0.25, 0.3) is 0 Å². The van der Waals surface area contributed by atoms with E-state index < -0.39 is 0 Å². The minimum Gasteiger partial charge on any atom is -0.491 e. The van der Waals surface area contributed by atoms with Gasteiger partial charge in [0.05, 0.1) is 6.10 Å². The van der Waals surface area contributed by atoms with Crippen molar-refractivity contribution in [2.75, 3.05) is 7.05 Å². The van der Waals surface area contributed by atoms with E-state index >= 15 is 0 Å². The monoisotopic (exact) mass is 283 g/mol. The predicted octanol–water partition coefficient (Wildman–Crippen LogP) is 4.37. The molecule has 0 saturated heterocycles. The first-order valence-electron chi connectivity index (χ1n) is 7.67. The van der Waals surface area contributed by atoms with E-state index in [0.717, 1.165) is 18.6 Å². The summed E-state index contributed by atoms with van der Waals surface area (Å²) in [7, 11) is 2.02. The Balaban J connectivity index is 2.03. The second kappa shape index (κ2) is 7.84. The van der Waals surface area contributed by atoms with Gasteiger partial charge in [-0.1, -0.05) is 42.5 Å². The molecular weight excluding hydrogens is 258 g/mol. The van der Waals surface area contributed by atoms with Gasteiger partial charge in [0.15, 0.2) is 0 Å². The van der Waals surface area contributed by atoms with Gasteiger partial charge in [-0.3, -0.25) is 0 Å². The van der Waals surface area contributed by atoms with Crippen molar-refractivity contribution in [3.63, 3.8) is 0 Å². The van der Waals surface area contributed by atoms with E-state index in [1.165, 1.54) is 11.1 Å². The lowest BCUT2D eigenvalue weighted by Crippen LogP contribution is -2.17. The second-order valence-electron chi connectivity index (χ2n) is 5.60. The predicted molar refractivity (Wildman–Crippen MR) is 88.8 cm³/mol. The van der Waals surface area contributed by atoms with E-state index in [0.29, 0.717) is 6.04 Å². The molecule has 0 heterocycles. The SMILES string of the molecule is CNC(CCc1ccccc1)c1cccc(OC(C)C)c1. The Morgan fingerprint density at radius 2 is 1.76 bits per heavy atom. The molecule has 0 amide bonds. The van der Waals surface area contributed by atoms with Crippen LogP contribution in [0.4, 0.5) is 0 Å². The molecule has 1 unspecified atom stereocenters. The third-order valence-electron chi connectivity index (χ3n) is 3.55. The molecular formula is C19H25NO. The summed E-state index contributed by atoms with van der Waals surface area (Å²) in [6.45, 7) is 4.11. The zero-order valence-corrected chi connectivity index (χ0v) is 13.2. The highest BCUT2D eigenvalue weighted by Crippen LogP contribution is 2.23. The third-order valence-corrected chi connectivity index (χ3v) is 3.55. The first-order chi connectivity index (χ1) is 10.2. The quantitative estimate of drug-likeness (QED) is 0.815. The van der Waals surface area contributed by atoms with Gasteiger partial charge in [0, 0.05) is 6.04 Å². The molecule has 0 aromatic heterocycles. The zero-order chi connectivity index (χ0) is 15.1. The number of aryl methyl sites for hydroxylation is 1.